The summed E-state index contributed by atoms with van der Waals surface area (Å²) in [6.45, 7) is 6.57. The number of hydrogen-bond donors (Lipinski definition) is 4. The van der Waals surface area contributed by atoms with Gasteiger partial charge in [-0.1, -0.05) is 0 Å². The highest BCUT2D eigenvalue weighted by atomic mass is 16.6. The van der Waals surface area contributed by atoms with Gasteiger partial charge in [0.25, 0.3) is 0 Å². The molecule has 18 heavy (non-hydrogen) atoms. The molecule has 1 rings (SSSR count). The van der Waals surface area contributed by atoms with E-state index in [-0.39, 0.29) is 12.1 Å². The monoisotopic (exact) mass is 259 g/mol. The van der Waals surface area contributed by atoms with Gasteiger partial charge >= 0.3 is 12.2 Å². The Hall–Kier alpha value is -1.50. The first kappa shape index (κ1) is 14.6. The molecule has 2 atom stereocenters. The molecule has 0 radical (unpaired) electrons. The first-order valence-electron chi connectivity index (χ1n) is 5.97. The van der Waals surface area contributed by atoms with Crippen LogP contribution in [0, 0.1) is 0 Å². The normalized spacial score (nSPS) is 24.2. The van der Waals surface area contributed by atoms with Crippen molar-refractivity contribution in [3.05, 3.63) is 0 Å². The minimum Gasteiger partial charge on any atom is -0.465 e. The number of amides is 2. The van der Waals surface area contributed by atoms with Crippen LogP contribution in [0.25, 0.3) is 0 Å². The van der Waals surface area contributed by atoms with Crippen LogP contribution in [-0.4, -0.2) is 48.1 Å². The van der Waals surface area contributed by atoms with E-state index in [0.29, 0.717) is 13.0 Å². The molecule has 1 aliphatic heterocycles. The quantitative estimate of drug-likeness (QED) is 0.579. The van der Waals surface area contributed by atoms with Gasteiger partial charge in [-0.2, -0.15) is 0 Å². The van der Waals surface area contributed by atoms with Crippen molar-refractivity contribution in [3.8, 4) is 0 Å². The Morgan fingerprint density at radius 2 is 1.94 bits per heavy atom. The number of piperidine rings is 1. The Labute approximate surface area is 106 Å². The molecule has 7 nitrogen and oxygen atoms in total. The Morgan fingerprint density at radius 3 is 2.50 bits per heavy atom. The van der Waals surface area contributed by atoms with Crippen LogP contribution in [0.3, 0.4) is 0 Å². The number of nitrogens with one attached hydrogen (secondary N) is 3. The molecule has 1 aliphatic rings. The third-order valence-electron chi connectivity index (χ3n) is 2.49. The molecule has 4 N–H and O–H groups in total. The molecule has 1 heterocycles. The summed E-state index contributed by atoms with van der Waals surface area (Å²) >= 11 is 0. The summed E-state index contributed by atoms with van der Waals surface area (Å²) in [4.78, 5) is 22.3. The second kappa shape index (κ2) is 5.90. The average Bonchev–Trinajstić information content (AvgIpc) is 2.17. The third kappa shape index (κ3) is 5.22. The maximum absolute atomic E-state index is 11.6. The van der Waals surface area contributed by atoms with E-state index < -0.39 is 17.8 Å². The van der Waals surface area contributed by atoms with E-state index in [9.17, 15) is 9.59 Å². The Kier molecular flexibility index (Phi) is 4.77. The molecule has 0 aliphatic carbocycles. The van der Waals surface area contributed by atoms with Gasteiger partial charge in [-0.25, -0.2) is 9.59 Å². The van der Waals surface area contributed by atoms with E-state index in [0.717, 1.165) is 6.54 Å². The van der Waals surface area contributed by atoms with Gasteiger partial charge in [0.15, 0.2) is 0 Å². The zero-order valence-electron chi connectivity index (χ0n) is 10.9. The Morgan fingerprint density at radius 1 is 1.28 bits per heavy atom. The van der Waals surface area contributed by atoms with Crippen molar-refractivity contribution in [2.24, 2.45) is 0 Å². The molecule has 2 amide bonds. The standard InChI is InChI=1S/C11H21N3O4/c1-11(2,3)18-10(17)14-8-6-12-5-4-7(8)13-9(15)16/h7-8,12-13H,4-6H2,1-3H3,(H,14,17)(H,15,16)/t7-,8+/m0/s1. The number of alkyl carbamates (subject to hydrolysis) is 1. The van der Waals surface area contributed by atoms with Gasteiger partial charge in [-0.15, -0.1) is 0 Å². The molecular weight excluding hydrogens is 238 g/mol. The fourth-order valence-corrected chi connectivity index (χ4v) is 1.80. The van der Waals surface area contributed by atoms with Gasteiger partial charge in [0.1, 0.15) is 5.60 Å². The predicted molar refractivity (Wildman–Crippen MR) is 65.6 cm³/mol. The number of ether oxygens (including phenoxy) is 1. The lowest BCUT2D eigenvalue weighted by atomic mass is 10.0. The fraction of sp³-hybridized carbons (Fsp3) is 0.818. The summed E-state index contributed by atoms with van der Waals surface area (Å²) in [5.74, 6) is 0. The lowest BCUT2D eigenvalue weighted by molar-refractivity contribution is 0.0483. The topological polar surface area (TPSA) is 99.7 Å². The minimum atomic E-state index is -1.09. The number of carbonyl (C=O) groups excluding carboxylic acids is 1. The first-order valence-corrected chi connectivity index (χ1v) is 5.97. The molecule has 104 valence electrons. The molecular formula is C11H21N3O4. The molecule has 0 aromatic heterocycles. The lowest BCUT2D eigenvalue weighted by Gasteiger charge is -2.33. The summed E-state index contributed by atoms with van der Waals surface area (Å²) in [6.07, 6.45) is -0.987. The predicted octanol–water partition coefficient (Wildman–Crippen LogP) is 0.509. The fourth-order valence-electron chi connectivity index (χ4n) is 1.80. The van der Waals surface area contributed by atoms with Crippen molar-refractivity contribution in [1.29, 1.82) is 0 Å². The Balaban J connectivity index is 2.51. The second-order valence-electron chi connectivity index (χ2n) is 5.30. The zero-order valence-corrected chi connectivity index (χ0v) is 10.9. The van der Waals surface area contributed by atoms with Crippen LogP contribution in [0.15, 0.2) is 0 Å². The van der Waals surface area contributed by atoms with Crippen molar-refractivity contribution in [2.45, 2.75) is 44.9 Å². The van der Waals surface area contributed by atoms with Crippen molar-refractivity contribution in [1.82, 2.24) is 16.0 Å². The maximum Gasteiger partial charge on any atom is 0.407 e. The van der Waals surface area contributed by atoms with E-state index in [1.54, 1.807) is 20.8 Å². The molecule has 7 heteroatoms. The van der Waals surface area contributed by atoms with Crippen LogP contribution < -0.4 is 16.0 Å². The largest absolute Gasteiger partial charge is 0.465 e. The van der Waals surface area contributed by atoms with Gasteiger partial charge < -0.3 is 25.8 Å². The average molecular weight is 259 g/mol. The van der Waals surface area contributed by atoms with E-state index in [1.807, 2.05) is 0 Å². The zero-order chi connectivity index (χ0) is 13.8. The van der Waals surface area contributed by atoms with E-state index in [4.69, 9.17) is 9.84 Å². The van der Waals surface area contributed by atoms with Crippen LogP contribution in [0.5, 0.6) is 0 Å². The highest BCUT2D eigenvalue weighted by Gasteiger charge is 2.29. The van der Waals surface area contributed by atoms with Gasteiger partial charge in [-0.05, 0) is 33.7 Å². The molecule has 1 saturated heterocycles. The van der Waals surface area contributed by atoms with Crippen LogP contribution in [0.4, 0.5) is 9.59 Å². The van der Waals surface area contributed by atoms with Gasteiger partial charge in [0.2, 0.25) is 0 Å². The van der Waals surface area contributed by atoms with Gasteiger partial charge in [-0.3, -0.25) is 0 Å². The summed E-state index contributed by atoms with van der Waals surface area (Å²) in [7, 11) is 0. The molecule has 0 aromatic rings. The third-order valence-corrected chi connectivity index (χ3v) is 2.49. The van der Waals surface area contributed by atoms with E-state index >= 15 is 0 Å². The lowest BCUT2D eigenvalue weighted by Crippen LogP contribution is -2.60. The van der Waals surface area contributed by atoms with E-state index in [1.165, 1.54) is 0 Å². The number of rotatable bonds is 2. The Bertz CT molecular complexity index is 314. The summed E-state index contributed by atoms with van der Waals surface area (Å²) < 4.78 is 5.14. The van der Waals surface area contributed by atoms with E-state index in [2.05, 4.69) is 16.0 Å². The number of carbonyl (C=O) groups is 2. The van der Waals surface area contributed by atoms with Crippen LogP contribution in [0.2, 0.25) is 0 Å². The first-order chi connectivity index (χ1) is 8.28. The van der Waals surface area contributed by atoms with Gasteiger partial charge in [0, 0.05) is 6.54 Å². The molecule has 0 saturated carbocycles. The van der Waals surface area contributed by atoms with Crippen molar-refractivity contribution in [3.63, 3.8) is 0 Å². The maximum atomic E-state index is 11.6. The number of hydrogen-bond acceptors (Lipinski definition) is 4. The highest BCUT2D eigenvalue weighted by Crippen LogP contribution is 2.09. The molecule has 1 fully saturated rings. The van der Waals surface area contributed by atoms with Crippen LogP contribution >= 0.6 is 0 Å². The van der Waals surface area contributed by atoms with Crippen molar-refractivity contribution >= 4 is 12.2 Å². The van der Waals surface area contributed by atoms with Crippen molar-refractivity contribution in [2.75, 3.05) is 13.1 Å². The summed E-state index contributed by atoms with van der Waals surface area (Å²) in [6, 6.07) is -0.596. The molecule has 0 spiro atoms. The molecule has 0 aromatic carbocycles. The van der Waals surface area contributed by atoms with Crippen LogP contribution in [-0.2, 0) is 4.74 Å². The van der Waals surface area contributed by atoms with Crippen molar-refractivity contribution < 1.29 is 19.4 Å². The van der Waals surface area contributed by atoms with Gasteiger partial charge in [0.05, 0.1) is 12.1 Å². The van der Waals surface area contributed by atoms with Crippen LogP contribution in [0.1, 0.15) is 27.2 Å². The number of carboxylic acid groups (broad SMARTS) is 1. The second-order valence-corrected chi connectivity index (χ2v) is 5.30. The molecule has 0 unspecified atom stereocenters. The smallest absolute Gasteiger partial charge is 0.407 e. The SMILES string of the molecule is CC(C)(C)OC(=O)N[C@@H]1CNCC[C@@H]1NC(=O)O. The minimum absolute atomic E-state index is 0.295. The summed E-state index contributed by atoms with van der Waals surface area (Å²) in [5, 5.41) is 16.9. The molecule has 0 bridgehead atoms. The summed E-state index contributed by atoms with van der Waals surface area (Å²) in [5.41, 5.74) is -0.568. The highest BCUT2D eigenvalue weighted by molar-refractivity contribution is 5.69.